The first-order valence-electron chi connectivity index (χ1n) is 9.63. The molecule has 0 saturated heterocycles. The highest BCUT2D eigenvalue weighted by Gasteiger charge is 2.27. The van der Waals surface area contributed by atoms with Gasteiger partial charge in [-0.1, -0.05) is 71.9 Å². The maximum atomic E-state index is 12.4. The highest BCUT2D eigenvalue weighted by atomic mass is 16.6. The summed E-state index contributed by atoms with van der Waals surface area (Å²) in [5, 5.41) is 6.85. The van der Waals surface area contributed by atoms with Crippen LogP contribution in [0.5, 0.6) is 0 Å². The second kappa shape index (κ2) is 8.24. The van der Waals surface area contributed by atoms with Gasteiger partial charge in [0.25, 0.3) is 0 Å². The summed E-state index contributed by atoms with van der Waals surface area (Å²) in [6.07, 6.45) is 7.17. The number of nitrogens with zero attached hydrogens (tertiary/aromatic N) is 3. The van der Waals surface area contributed by atoms with Crippen LogP contribution in [0.2, 0.25) is 0 Å². The average Bonchev–Trinajstić information content (AvgIpc) is 3.03. The van der Waals surface area contributed by atoms with Crippen LogP contribution in [0, 0.1) is 0 Å². The highest BCUT2D eigenvalue weighted by molar-refractivity contribution is 5.95. The fraction of sp³-hybridized carbons (Fsp3) is 0.174. The molecule has 1 N–H and O–H groups in total. The van der Waals surface area contributed by atoms with Crippen LogP contribution in [0.3, 0.4) is 0 Å². The molecule has 152 valence electrons. The highest BCUT2D eigenvalue weighted by Crippen LogP contribution is 2.34. The van der Waals surface area contributed by atoms with Gasteiger partial charge < -0.3 is 4.84 Å². The molecular weight excluding hydrogens is 380 g/mol. The molecule has 0 bridgehead atoms. The molecule has 7 heteroatoms. The normalized spacial score (nSPS) is 18.5. The number of rotatable bonds is 5. The number of oxime groups is 1. The van der Waals surface area contributed by atoms with Crippen LogP contribution >= 0.6 is 0 Å². The molecule has 0 fully saturated rings. The van der Waals surface area contributed by atoms with Gasteiger partial charge in [0, 0.05) is 12.6 Å². The molecule has 4 rings (SSSR count). The van der Waals surface area contributed by atoms with E-state index in [1.54, 1.807) is 0 Å². The Morgan fingerprint density at radius 1 is 1.03 bits per heavy atom. The van der Waals surface area contributed by atoms with Gasteiger partial charge in [-0.25, -0.2) is 23.9 Å². The quantitative estimate of drug-likeness (QED) is 0.404. The van der Waals surface area contributed by atoms with Crippen LogP contribution in [-0.4, -0.2) is 20.1 Å². The second-order valence-corrected chi connectivity index (χ2v) is 7.09. The third-order valence-electron chi connectivity index (χ3n) is 5.01. The van der Waals surface area contributed by atoms with Gasteiger partial charge in [-0.3, -0.25) is 0 Å². The van der Waals surface area contributed by atoms with E-state index in [-0.39, 0.29) is 6.10 Å². The Hall–Kier alpha value is -3.87. The van der Waals surface area contributed by atoms with Crippen LogP contribution in [0.25, 0.3) is 6.08 Å². The summed E-state index contributed by atoms with van der Waals surface area (Å²) in [4.78, 5) is 30.0. The van der Waals surface area contributed by atoms with E-state index in [1.807, 2.05) is 85.8 Å². The predicted molar refractivity (Wildman–Crippen MR) is 116 cm³/mol. The van der Waals surface area contributed by atoms with E-state index in [9.17, 15) is 9.59 Å². The summed E-state index contributed by atoms with van der Waals surface area (Å²) in [6, 6.07) is 17.2. The van der Waals surface area contributed by atoms with Crippen molar-refractivity contribution in [3.05, 3.63) is 110 Å². The standard InChI is InChI=1S/C23H22N4O3/c1-16(12-13-17-8-4-3-5-9-17)25-30-21-15-14-20(18-10-6-7-11-19(18)21)27-23(29)26(2)22(28)24-27/h3-15,20-21H,1-2H3,(H,24,28)/b13-12+,25-16+/t20-,21+/m1/s1. The smallest absolute Gasteiger partial charge is 0.347 e. The van der Waals surface area contributed by atoms with Gasteiger partial charge in [-0.05, 0) is 30.2 Å². The van der Waals surface area contributed by atoms with Crippen LogP contribution in [0.1, 0.15) is 35.8 Å². The minimum Gasteiger partial charge on any atom is -0.383 e. The molecule has 2 atom stereocenters. The molecule has 1 aliphatic rings. The largest absolute Gasteiger partial charge is 0.383 e. The van der Waals surface area contributed by atoms with E-state index < -0.39 is 17.4 Å². The first kappa shape index (κ1) is 19.4. The Bertz CT molecular complexity index is 1250. The van der Waals surface area contributed by atoms with Crippen molar-refractivity contribution >= 4 is 11.8 Å². The van der Waals surface area contributed by atoms with Crippen molar-refractivity contribution in [1.29, 1.82) is 0 Å². The maximum absolute atomic E-state index is 12.4. The molecule has 0 amide bonds. The third-order valence-corrected chi connectivity index (χ3v) is 5.01. The van der Waals surface area contributed by atoms with E-state index >= 15 is 0 Å². The molecule has 0 aliphatic heterocycles. The Labute approximate surface area is 173 Å². The van der Waals surface area contributed by atoms with Crippen molar-refractivity contribution in [1.82, 2.24) is 14.3 Å². The maximum Gasteiger partial charge on any atom is 0.347 e. The minimum atomic E-state index is -0.449. The monoisotopic (exact) mass is 402 g/mol. The molecule has 1 aromatic heterocycles. The zero-order valence-corrected chi connectivity index (χ0v) is 16.7. The zero-order chi connectivity index (χ0) is 21.1. The molecule has 1 heterocycles. The van der Waals surface area contributed by atoms with Crippen LogP contribution in [0.4, 0.5) is 0 Å². The molecule has 0 unspecified atom stereocenters. The van der Waals surface area contributed by atoms with Crippen molar-refractivity contribution in [3.8, 4) is 0 Å². The number of fused-ring (bicyclic) bond motifs is 1. The van der Waals surface area contributed by atoms with Crippen molar-refractivity contribution < 1.29 is 4.84 Å². The summed E-state index contributed by atoms with van der Waals surface area (Å²) in [5.41, 5.74) is 2.74. The van der Waals surface area contributed by atoms with E-state index in [0.717, 1.165) is 27.0 Å². The van der Waals surface area contributed by atoms with Gasteiger partial charge in [-0.2, -0.15) is 0 Å². The van der Waals surface area contributed by atoms with E-state index in [1.165, 1.54) is 11.7 Å². The Morgan fingerprint density at radius 3 is 2.43 bits per heavy atom. The van der Waals surface area contributed by atoms with E-state index in [2.05, 4.69) is 10.3 Å². The van der Waals surface area contributed by atoms with Crippen molar-refractivity contribution in [2.75, 3.05) is 0 Å². The average molecular weight is 402 g/mol. The topological polar surface area (TPSA) is 81.4 Å². The van der Waals surface area contributed by atoms with Crippen molar-refractivity contribution in [3.63, 3.8) is 0 Å². The molecular formula is C23H22N4O3. The van der Waals surface area contributed by atoms with Crippen LogP contribution in [0.15, 0.2) is 87.6 Å². The molecule has 0 radical (unpaired) electrons. The molecule has 3 aromatic rings. The third kappa shape index (κ3) is 3.82. The van der Waals surface area contributed by atoms with Gasteiger partial charge in [-0.15, -0.1) is 0 Å². The molecule has 0 saturated carbocycles. The van der Waals surface area contributed by atoms with Gasteiger partial charge in [0.1, 0.15) is 0 Å². The first-order valence-corrected chi connectivity index (χ1v) is 9.63. The number of aromatic amines is 1. The Kier molecular flexibility index (Phi) is 5.34. The lowest BCUT2D eigenvalue weighted by Gasteiger charge is -2.25. The minimum absolute atomic E-state index is 0.385. The predicted octanol–water partition coefficient (Wildman–Crippen LogP) is 3.18. The Morgan fingerprint density at radius 2 is 1.73 bits per heavy atom. The zero-order valence-electron chi connectivity index (χ0n) is 16.7. The fourth-order valence-electron chi connectivity index (χ4n) is 3.38. The molecule has 2 aromatic carbocycles. The van der Waals surface area contributed by atoms with Gasteiger partial charge in [0.05, 0.1) is 11.8 Å². The Balaban J connectivity index is 1.58. The van der Waals surface area contributed by atoms with Crippen LogP contribution < -0.4 is 11.4 Å². The van der Waals surface area contributed by atoms with Gasteiger partial charge in [0.2, 0.25) is 0 Å². The number of hydrogen-bond donors (Lipinski definition) is 1. The van der Waals surface area contributed by atoms with Gasteiger partial charge >= 0.3 is 11.4 Å². The fourth-order valence-corrected chi connectivity index (χ4v) is 3.38. The lowest BCUT2D eigenvalue weighted by Crippen LogP contribution is -2.29. The lowest BCUT2D eigenvalue weighted by atomic mass is 9.91. The molecule has 0 spiro atoms. The summed E-state index contributed by atoms with van der Waals surface area (Å²) in [5.74, 6) is 0. The van der Waals surface area contributed by atoms with E-state index in [4.69, 9.17) is 4.84 Å². The van der Waals surface area contributed by atoms with Gasteiger partial charge in [0.15, 0.2) is 6.10 Å². The summed E-state index contributed by atoms with van der Waals surface area (Å²) >= 11 is 0. The summed E-state index contributed by atoms with van der Waals surface area (Å²) in [7, 11) is 1.45. The summed E-state index contributed by atoms with van der Waals surface area (Å²) in [6.45, 7) is 1.87. The number of hydrogen-bond acceptors (Lipinski definition) is 4. The molecule has 30 heavy (non-hydrogen) atoms. The number of nitrogens with one attached hydrogen (secondary N) is 1. The number of H-pyrrole nitrogens is 1. The van der Waals surface area contributed by atoms with Crippen LogP contribution in [-0.2, 0) is 11.9 Å². The molecule has 7 nitrogen and oxygen atoms in total. The second-order valence-electron chi connectivity index (χ2n) is 7.09. The number of aromatic nitrogens is 3. The number of benzene rings is 2. The van der Waals surface area contributed by atoms with E-state index in [0.29, 0.717) is 0 Å². The summed E-state index contributed by atoms with van der Waals surface area (Å²) < 4.78 is 2.37. The molecule has 1 aliphatic carbocycles. The lowest BCUT2D eigenvalue weighted by molar-refractivity contribution is 0.0900. The van der Waals surface area contributed by atoms with Crippen molar-refractivity contribution in [2.24, 2.45) is 12.2 Å². The number of allylic oxidation sites excluding steroid dienone is 2. The van der Waals surface area contributed by atoms with Crippen molar-refractivity contribution in [2.45, 2.75) is 19.1 Å². The SMILES string of the molecule is CC(/C=C/c1ccccc1)=N\O[C@H]1C=C[C@@H](n2[nH]c(=O)n(C)c2=O)c2ccccc21. The first-order chi connectivity index (χ1) is 14.5.